The van der Waals surface area contributed by atoms with Crippen LogP contribution >= 0.6 is 11.8 Å². The molecule has 0 saturated carbocycles. The molecule has 3 heterocycles. The molecule has 5 rings (SSSR count). The number of ether oxygens (including phenoxy) is 2. The van der Waals surface area contributed by atoms with E-state index in [0.717, 1.165) is 64.4 Å². The maximum Gasteiger partial charge on any atom is 0.410 e. The van der Waals surface area contributed by atoms with Crippen LogP contribution in [-0.4, -0.2) is 66.0 Å². The number of aromatic nitrogens is 2. The molecule has 1 amide bonds. The second-order valence-electron chi connectivity index (χ2n) is 11.0. The van der Waals surface area contributed by atoms with Gasteiger partial charge in [-0.1, -0.05) is 30.0 Å². The van der Waals surface area contributed by atoms with Crippen molar-refractivity contribution in [2.24, 2.45) is 0 Å². The molecule has 2 aliphatic heterocycles. The van der Waals surface area contributed by atoms with E-state index >= 15 is 0 Å². The van der Waals surface area contributed by atoms with Crippen molar-refractivity contribution in [3.63, 3.8) is 0 Å². The number of rotatable bonds is 6. The van der Waals surface area contributed by atoms with Crippen LogP contribution < -0.4 is 10.6 Å². The molecular formula is C31H37N5O3S. The van der Waals surface area contributed by atoms with Gasteiger partial charge in [-0.15, -0.1) is 0 Å². The summed E-state index contributed by atoms with van der Waals surface area (Å²) in [4.78, 5) is 27.5. The number of hydrogen-bond acceptors (Lipinski definition) is 8. The minimum atomic E-state index is -0.517. The van der Waals surface area contributed by atoms with Crippen LogP contribution in [0.25, 0.3) is 5.57 Å². The molecule has 3 aromatic rings. The maximum atomic E-state index is 12.5. The first-order valence-electron chi connectivity index (χ1n) is 13.7. The van der Waals surface area contributed by atoms with E-state index in [9.17, 15) is 4.79 Å². The Kier molecular flexibility index (Phi) is 8.61. The molecule has 8 nitrogen and oxygen atoms in total. The van der Waals surface area contributed by atoms with Crippen molar-refractivity contribution in [2.45, 2.75) is 49.1 Å². The number of amides is 1. The largest absolute Gasteiger partial charge is 0.444 e. The monoisotopic (exact) mass is 559 g/mol. The molecule has 0 atom stereocenters. The number of benzene rings is 2. The Labute approximate surface area is 240 Å². The maximum absolute atomic E-state index is 12.5. The molecule has 0 radical (unpaired) electrons. The Bertz CT molecular complexity index is 1350. The molecule has 0 unspecified atom stereocenters. The Morgan fingerprint density at radius 3 is 2.42 bits per heavy atom. The Morgan fingerprint density at radius 2 is 1.77 bits per heavy atom. The zero-order valence-corrected chi connectivity index (χ0v) is 24.2. The minimum Gasteiger partial charge on any atom is -0.444 e. The summed E-state index contributed by atoms with van der Waals surface area (Å²) in [5.41, 5.74) is 10.6. The van der Waals surface area contributed by atoms with Crippen LogP contribution in [0.3, 0.4) is 0 Å². The standard InChI is InChI=1S/C31H37N5O3S/c1-31(2,3)39-30(37)36-14-12-23(13-15-36)27-21-33-28(34-29(27)40-26-10-6-24(32)7-11-26)20-22-4-8-25(9-5-22)35-16-18-38-19-17-35/h4-12,21H,13-20,32H2,1-3H3. The third-order valence-corrected chi connectivity index (χ3v) is 7.79. The van der Waals surface area contributed by atoms with Crippen molar-refractivity contribution in [1.29, 1.82) is 0 Å². The summed E-state index contributed by atoms with van der Waals surface area (Å²) in [6, 6.07) is 16.5. The van der Waals surface area contributed by atoms with E-state index in [-0.39, 0.29) is 6.09 Å². The van der Waals surface area contributed by atoms with E-state index in [1.165, 1.54) is 5.69 Å². The van der Waals surface area contributed by atoms with Crippen molar-refractivity contribution in [3.05, 3.63) is 77.8 Å². The van der Waals surface area contributed by atoms with Crippen LogP contribution in [0.4, 0.5) is 16.2 Å². The average molecular weight is 560 g/mol. The molecule has 0 aliphatic carbocycles. The predicted molar refractivity (Wildman–Crippen MR) is 160 cm³/mol. The summed E-state index contributed by atoms with van der Waals surface area (Å²) in [7, 11) is 0. The second kappa shape index (κ2) is 12.3. The van der Waals surface area contributed by atoms with Crippen molar-refractivity contribution >= 4 is 34.8 Å². The quantitative estimate of drug-likeness (QED) is 0.305. The van der Waals surface area contributed by atoms with Gasteiger partial charge >= 0.3 is 6.09 Å². The van der Waals surface area contributed by atoms with E-state index in [1.54, 1.807) is 16.7 Å². The first-order chi connectivity index (χ1) is 19.2. The lowest BCUT2D eigenvalue weighted by Gasteiger charge is -2.29. The molecule has 0 bridgehead atoms. The van der Waals surface area contributed by atoms with Gasteiger partial charge < -0.3 is 25.0 Å². The number of anilines is 2. The summed E-state index contributed by atoms with van der Waals surface area (Å²) in [6.07, 6.45) is 5.08. The minimum absolute atomic E-state index is 0.287. The van der Waals surface area contributed by atoms with Gasteiger partial charge in [0.1, 0.15) is 16.5 Å². The molecule has 1 saturated heterocycles. The molecule has 9 heteroatoms. The molecule has 0 spiro atoms. The highest BCUT2D eigenvalue weighted by Crippen LogP contribution is 2.35. The summed E-state index contributed by atoms with van der Waals surface area (Å²) < 4.78 is 11.0. The van der Waals surface area contributed by atoms with Crippen molar-refractivity contribution < 1.29 is 14.3 Å². The highest BCUT2D eigenvalue weighted by atomic mass is 32.2. The number of nitrogen functional groups attached to an aromatic ring is 1. The van der Waals surface area contributed by atoms with Crippen molar-refractivity contribution in [1.82, 2.24) is 14.9 Å². The number of carbonyl (C=O) groups is 1. The highest BCUT2D eigenvalue weighted by Gasteiger charge is 2.25. The normalized spacial score (nSPS) is 16.0. The van der Waals surface area contributed by atoms with E-state index in [2.05, 4.69) is 35.2 Å². The number of morpholine rings is 1. The van der Waals surface area contributed by atoms with Crippen LogP contribution in [0.1, 0.15) is 44.1 Å². The zero-order valence-electron chi connectivity index (χ0n) is 23.4. The second-order valence-corrected chi connectivity index (χ2v) is 12.1. The predicted octanol–water partition coefficient (Wildman–Crippen LogP) is 5.66. The van der Waals surface area contributed by atoms with Gasteiger partial charge in [-0.2, -0.15) is 0 Å². The number of nitrogens with zero attached hydrogens (tertiary/aromatic N) is 4. The Balaban J connectivity index is 1.35. The highest BCUT2D eigenvalue weighted by molar-refractivity contribution is 7.99. The van der Waals surface area contributed by atoms with Gasteiger partial charge in [0, 0.05) is 60.6 Å². The van der Waals surface area contributed by atoms with E-state index in [0.29, 0.717) is 25.9 Å². The fraction of sp³-hybridized carbons (Fsp3) is 0.387. The van der Waals surface area contributed by atoms with Crippen LogP contribution in [0.5, 0.6) is 0 Å². The third-order valence-electron chi connectivity index (χ3n) is 6.78. The zero-order chi connectivity index (χ0) is 28.1. The SMILES string of the molecule is CC(C)(C)OC(=O)N1CC=C(c2cnc(Cc3ccc(N4CCOCC4)cc3)nc2Sc2ccc(N)cc2)CC1. The molecular weight excluding hydrogens is 522 g/mol. The molecule has 210 valence electrons. The fourth-order valence-electron chi connectivity index (χ4n) is 4.67. The lowest BCUT2D eigenvalue weighted by molar-refractivity contribution is 0.0270. The molecule has 40 heavy (non-hydrogen) atoms. The summed E-state index contributed by atoms with van der Waals surface area (Å²) in [5.74, 6) is 0.771. The van der Waals surface area contributed by atoms with E-state index < -0.39 is 5.60 Å². The van der Waals surface area contributed by atoms with Crippen LogP contribution in [0.2, 0.25) is 0 Å². The summed E-state index contributed by atoms with van der Waals surface area (Å²) in [6.45, 7) is 10.1. The van der Waals surface area contributed by atoms with Crippen LogP contribution in [0, 0.1) is 0 Å². The lowest BCUT2D eigenvalue weighted by atomic mass is 10.0. The third kappa shape index (κ3) is 7.34. The molecule has 2 N–H and O–H groups in total. The smallest absolute Gasteiger partial charge is 0.410 e. The van der Waals surface area contributed by atoms with Crippen molar-refractivity contribution in [3.8, 4) is 0 Å². The average Bonchev–Trinajstić information content (AvgIpc) is 2.95. The molecule has 2 aromatic carbocycles. The summed E-state index contributed by atoms with van der Waals surface area (Å²) in [5, 5.41) is 0.900. The van der Waals surface area contributed by atoms with Gasteiger partial charge in [0.15, 0.2) is 0 Å². The van der Waals surface area contributed by atoms with Gasteiger partial charge in [-0.25, -0.2) is 14.8 Å². The number of carbonyl (C=O) groups excluding carboxylic acids is 1. The lowest BCUT2D eigenvalue weighted by Crippen LogP contribution is -2.39. The van der Waals surface area contributed by atoms with Crippen LogP contribution in [-0.2, 0) is 15.9 Å². The van der Waals surface area contributed by atoms with E-state index in [4.69, 9.17) is 25.2 Å². The Morgan fingerprint density at radius 1 is 1.05 bits per heavy atom. The van der Waals surface area contributed by atoms with Gasteiger partial charge in [0.25, 0.3) is 0 Å². The number of nitrogens with two attached hydrogens (primary N) is 1. The Hall–Kier alpha value is -3.56. The fourth-order valence-corrected chi connectivity index (χ4v) is 5.61. The van der Waals surface area contributed by atoms with Gasteiger partial charge in [-0.05, 0) is 74.7 Å². The van der Waals surface area contributed by atoms with E-state index in [1.807, 2.05) is 51.2 Å². The molecule has 1 aromatic heterocycles. The first kappa shape index (κ1) is 28.0. The van der Waals surface area contributed by atoms with Crippen LogP contribution in [0.15, 0.2) is 70.7 Å². The molecule has 2 aliphatic rings. The van der Waals surface area contributed by atoms with Gasteiger partial charge in [0.2, 0.25) is 0 Å². The van der Waals surface area contributed by atoms with Gasteiger partial charge in [0.05, 0.1) is 13.2 Å². The summed E-state index contributed by atoms with van der Waals surface area (Å²) >= 11 is 1.61. The topological polar surface area (TPSA) is 93.8 Å². The van der Waals surface area contributed by atoms with Gasteiger partial charge in [-0.3, -0.25) is 0 Å². The molecule has 1 fully saturated rings. The van der Waals surface area contributed by atoms with Crippen molar-refractivity contribution in [2.75, 3.05) is 50.0 Å². The number of hydrogen-bond donors (Lipinski definition) is 1. The first-order valence-corrected chi connectivity index (χ1v) is 14.5.